The molecular weight excluding hydrogens is 323 g/mol. The zero-order valence-electron chi connectivity index (χ0n) is 12.7. The van der Waals surface area contributed by atoms with E-state index < -0.39 is 9.84 Å². The van der Waals surface area contributed by atoms with Gasteiger partial charge in [0.15, 0.2) is 9.84 Å². The highest BCUT2D eigenvalue weighted by Gasteiger charge is 2.27. The van der Waals surface area contributed by atoms with Gasteiger partial charge in [0, 0.05) is 18.7 Å². The smallest absolute Gasteiger partial charge is 0.237 e. The van der Waals surface area contributed by atoms with Crippen LogP contribution in [0.5, 0.6) is 5.75 Å². The van der Waals surface area contributed by atoms with Crippen LogP contribution in [-0.2, 0) is 21.2 Å². The molecule has 23 heavy (non-hydrogen) atoms. The number of nitrogens with zero attached hydrogens (tertiary/aromatic N) is 2. The summed E-state index contributed by atoms with van der Waals surface area (Å²) in [5, 5.41) is 0. The molecule has 2 aliphatic heterocycles. The summed E-state index contributed by atoms with van der Waals surface area (Å²) < 4.78 is 42.3. The zero-order chi connectivity index (χ0) is 16.4. The van der Waals surface area contributed by atoms with E-state index in [1.54, 1.807) is 17.0 Å². The average molecular weight is 342 g/mol. The normalized spacial score (nSPS) is 21.2. The molecule has 126 valence electrons. The van der Waals surface area contributed by atoms with Crippen LogP contribution in [0, 0.1) is 5.82 Å². The van der Waals surface area contributed by atoms with Gasteiger partial charge in [0.25, 0.3) is 0 Å². The van der Waals surface area contributed by atoms with Crippen LogP contribution in [0.4, 0.5) is 4.39 Å². The van der Waals surface area contributed by atoms with E-state index in [0.29, 0.717) is 37.6 Å². The first-order valence-corrected chi connectivity index (χ1v) is 9.37. The minimum Gasteiger partial charge on any atom is -0.491 e. The minimum absolute atomic E-state index is 0.0842. The number of amides is 1. The highest BCUT2D eigenvalue weighted by molar-refractivity contribution is 7.91. The maximum absolute atomic E-state index is 13.9. The van der Waals surface area contributed by atoms with Crippen molar-refractivity contribution in [1.29, 1.82) is 0 Å². The number of halogens is 1. The van der Waals surface area contributed by atoms with E-state index in [-0.39, 0.29) is 36.3 Å². The second kappa shape index (κ2) is 6.45. The second-order valence-electron chi connectivity index (χ2n) is 5.81. The third-order valence-electron chi connectivity index (χ3n) is 4.19. The topological polar surface area (TPSA) is 66.9 Å². The number of ether oxygens (including phenoxy) is 1. The Hall–Kier alpha value is -1.67. The van der Waals surface area contributed by atoms with Gasteiger partial charge in [-0.05, 0) is 12.1 Å². The molecule has 1 saturated heterocycles. The van der Waals surface area contributed by atoms with Crippen molar-refractivity contribution in [2.45, 2.75) is 6.54 Å². The van der Waals surface area contributed by atoms with Crippen molar-refractivity contribution in [3.8, 4) is 5.75 Å². The Morgan fingerprint density at radius 1 is 1.22 bits per heavy atom. The summed E-state index contributed by atoms with van der Waals surface area (Å²) >= 11 is 0. The molecule has 0 saturated carbocycles. The SMILES string of the molecule is O=C(CN1CCS(=O)(=O)CC1)N1CCOc2cccc(F)c2C1. The van der Waals surface area contributed by atoms with Crippen molar-refractivity contribution in [3.63, 3.8) is 0 Å². The van der Waals surface area contributed by atoms with Crippen molar-refractivity contribution in [1.82, 2.24) is 9.80 Å². The molecule has 0 atom stereocenters. The minimum atomic E-state index is -2.96. The Morgan fingerprint density at radius 3 is 2.70 bits per heavy atom. The van der Waals surface area contributed by atoms with Crippen LogP contribution < -0.4 is 4.74 Å². The van der Waals surface area contributed by atoms with E-state index in [2.05, 4.69) is 0 Å². The molecule has 0 bridgehead atoms. The molecule has 2 heterocycles. The fraction of sp³-hybridized carbons (Fsp3) is 0.533. The molecule has 0 radical (unpaired) electrons. The number of hydrogen-bond acceptors (Lipinski definition) is 5. The van der Waals surface area contributed by atoms with Gasteiger partial charge < -0.3 is 9.64 Å². The standard InChI is InChI=1S/C15H19FN2O4S/c16-13-2-1-3-14-12(13)10-18(4-7-22-14)15(19)11-17-5-8-23(20,21)9-6-17/h1-3H,4-11H2. The van der Waals surface area contributed by atoms with E-state index in [1.807, 2.05) is 4.90 Å². The molecule has 0 aliphatic carbocycles. The summed E-state index contributed by atoms with van der Waals surface area (Å²) in [6, 6.07) is 4.63. The predicted octanol–water partition coefficient (Wildman–Crippen LogP) is 0.277. The number of benzene rings is 1. The Balaban J connectivity index is 1.65. The number of sulfone groups is 1. The molecule has 1 aromatic rings. The van der Waals surface area contributed by atoms with Gasteiger partial charge in [-0.25, -0.2) is 12.8 Å². The van der Waals surface area contributed by atoms with Crippen molar-refractivity contribution in [2.24, 2.45) is 0 Å². The lowest BCUT2D eigenvalue weighted by Crippen LogP contribution is -2.46. The third kappa shape index (κ3) is 3.81. The van der Waals surface area contributed by atoms with Gasteiger partial charge in [-0.15, -0.1) is 0 Å². The first kappa shape index (κ1) is 16.2. The van der Waals surface area contributed by atoms with Crippen LogP contribution in [-0.4, -0.2) is 68.4 Å². The van der Waals surface area contributed by atoms with Gasteiger partial charge in [-0.1, -0.05) is 6.07 Å². The van der Waals surface area contributed by atoms with Gasteiger partial charge in [0.05, 0.1) is 31.1 Å². The van der Waals surface area contributed by atoms with Crippen LogP contribution in [0.3, 0.4) is 0 Å². The molecule has 2 aliphatic rings. The lowest BCUT2D eigenvalue weighted by Gasteiger charge is -2.28. The van der Waals surface area contributed by atoms with E-state index in [1.165, 1.54) is 6.07 Å². The second-order valence-corrected chi connectivity index (χ2v) is 8.11. The lowest BCUT2D eigenvalue weighted by molar-refractivity contribution is -0.133. The summed E-state index contributed by atoms with van der Waals surface area (Å²) in [5.41, 5.74) is 0.388. The lowest BCUT2D eigenvalue weighted by atomic mass is 10.1. The highest BCUT2D eigenvalue weighted by Crippen LogP contribution is 2.25. The first-order valence-electron chi connectivity index (χ1n) is 7.55. The molecule has 0 spiro atoms. The van der Waals surface area contributed by atoms with E-state index >= 15 is 0 Å². The molecular formula is C15H19FN2O4S. The quantitative estimate of drug-likeness (QED) is 0.772. The Kier molecular flexibility index (Phi) is 4.54. The van der Waals surface area contributed by atoms with Crippen LogP contribution in [0.25, 0.3) is 0 Å². The summed E-state index contributed by atoms with van der Waals surface area (Å²) in [6.07, 6.45) is 0. The monoisotopic (exact) mass is 342 g/mol. The molecule has 3 rings (SSSR count). The zero-order valence-corrected chi connectivity index (χ0v) is 13.5. The predicted molar refractivity (Wildman–Crippen MR) is 82.4 cm³/mol. The molecule has 8 heteroatoms. The molecule has 0 unspecified atom stereocenters. The van der Waals surface area contributed by atoms with Crippen LogP contribution >= 0.6 is 0 Å². The molecule has 1 fully saturated rings. The number of carbonyl (C=O) groups excluding carboxylic acids is 1. The van der Waals surface area contributed by atoms with Crippen LogP contribution in [0.2, 0.25) is 0 Å². The van der Waals surface area contributed by atoms with Crippen molar-refractivity contribution in [2.75, 3.05) is 44.3 Å². The Bertz CT molecular complexity index is 693. The molecule has 0 N–H and O–H groups in total. The number of fused-ring (bicyclic) bond motifs is 1. The van der Waals surface area contributed by atoms with Crippen LogP contribution in [0.1, 0.15) is 5.56 Å². The van der Waals surface area contributed by atoms with Crippen molar-refractivity contribution in [3.05, 3.63) is 29.6 Å². The Labute approximate surface area is 134 Å². The summed E-state index contributed by atoms with van der Waals surface area (Å²) in [4.78, 5) is 15.9. The average Bonchev–Trinajstić information content (AvgIpc) is 2.73. The summed E-state index contributed by atoms with van der Waals surface area (Å²) in [5.74, 6) is 0.126. The third-order valence-corrected chi connectivity index (χ3v) is 5.80. The molecule has 0 aromatic heterocycles. The van der Waals surface area contributed by atoms with Gasteiger partial charge in [0.2, 0.25) is 5.91 Å². The fourth-order valence-corrected chi connectivity index (χ4v) is 4.05. The number of rotatable bonds is 2. The summed E-state index contributed by atoms with van der Waals surface area (Å²) in [7, 11) is -2.96. The maximum atomic E-state index is 13.9. The number of carbonyl (C=O) groups is 1. The van der Waals surface area contributed by atoms with Gasteiger partial charge >= 0.3 is 0 Å². The van der Waals surface area contributed by atoms with Crippen molar-refractivity contribution < 1.29 is 22.3 Å². The van der Waals surface area contributed by atoms with E-state index in [4.69, 9.17) is 4.74 Å². The largest absolute Gasteiger partial charge is 0.491 e. The van der Waals surface area contributed by atoms with E-state index in [0.717, 1.165) is 0 Å². The fourth-order valence-electron chi connectivity index (χ4n) is 2.78. The first-order chi connectivity index (χ1) is 10.9. The molecule has 1 aromatic carbocycles. The summed E-state index contributed by atoms with van der Waals surface area (Å²) in [6.45, 7) is 1.76. The van der Waals surface area contributed by atoms with Gasteiger partial charge in [-0.3, -0.25) is 9.69 Å². The van der Waals surface area contributed by atoms with Crippen molar-refractivity contribution >= 4 is 15.7 Å². The number of hydrogen-bond donors (Lipinski definition) is 0. The van der Waals surface area contributed by atoms with Gasteiger partial charge in [-0.2, -0.15) is 0 Å². The van der Waals surface area contributed by atoms with E-state index in [9.17, 15) is 17.6 Å². The molecule has 1 amide bonds. The maximum Gasteiger partial charge on any atom is 0.237 e. The highest BCUT2D eigenvalue weighted by atomic mass is 32.2. The van der Waals surface area contributed by atoms with Gasteiger partial charge in [0.1, 0.15) is 18.2 Å². The Morgan fingerprint density at radius 2 is 1.96 bits per heavy atom. The molecule has 6 nitrogen and oxygen atoms in total. The van der Waals surface area contributed by atoms with Crippen LogP contribution in [0.15, 0.2) is 18.2 Å².